The van der Waals surface area contributed by atoms with Crippen molar-refractivity contribution in [2.45, 2.75) is 35.9 Å². The molecule has 1 aromatic rings. The number of hydrogen-bond acceptors (Lipinski definition) is 5. The van der Waals surface area contributed by atoms with Crippen LogP contribution < -0.4 is 11.1 Å². The number of carbonyl (C=O) groups is 2. The van der Waals surface area contributed by atoms with E-state index in [0.717, 1.165) is 11.3 Å². The second-order valence-electron chi connectivity index (χ2n) is 5.07. The third-order valence-electron chi connectivity index (χ3n) is 3.46. The van der Waals surface area contributed by atoms with Gasteiger partial charge in [-0.3, -0.25) is 9.59 Å². The van der Waals surface area contributed by atoms with Gasteiger partial charge in [0.25, 0.3) is 10.0 Å². The Morgan fingerprint density at radius 3 is 2.86 bits per heavy atom. The summed E-state index contributed by atoms with van der Waals surface area (Å²) in [5.74, 6) is -0.737. The maximum atomic E-state index is 12.5. The van der Waals surface area contributed by atoms with Crippen LogP contribution >= 0.6 is 11.3 Å². The second kappa shape index (κ2) is 7.21. The molecule has 0 bridgehead atoms. The molecule has 2 heterocycles. The van der Waals surface area contributed by atoms with Gasteiger partial charge in [0.15, 0.2) is 0 Å². The highest BCUT2D eigenvalue weighted by Gasteiger charge is 2.39. The number of amides is 2. The Bertz CT molecular complexity index is 628. The number of carbonyl (C=O) groups excluding carboxylic acids is 2. The van der Waals surface area contributed by atoms with E-state index in [9.17, 15) is 18.0 Å². The Hall–Kier alpha value is -1.45. The van der Waals surface area contributed by atoms with Crippen LogP contribution in [0.2, 0.25) is 0 Å². The summed E-state index contributed by atoms with van der Waals surface area (Å²) in [6.07, 6.45) is 1.81. The molecule has 22 heavy (non-hydrogen) atoms. The molecule has 0 saturated carbocycles. The van der Waals surface area contributed by atoms with Crippen molar-refractivity contribution < 1.29 is 18.0 Å². The number of nitrogens with two attached hydrogens (primary N) is 1. The molecule has 1 saturated heterocycles. The van der Waals surface area contributed by atoms with Gasteiger partial charge < -0.3 is 11.1 Å². The summed E-state index contributed by atoms with van der Waals surface area (Å²) < 4.78 is 26.6. The van der Waals surface area contributed by atoms with Gasteiger partial charge in [0.1, 0.15) is 10.3 Å². The summed E-state index contributed by atoms with van der Waals surface area (Å²) in [6, 6.07) is 2.54. The Morgan fingerprint density at radius 1 is 1.45 bits per heavy atom. The molecule has 3 N–H and O–H groups in total. The van der Waals surface area contributed by atoms with Gasteiger partial charge in [-0.1, -0.05) is 6.07 Å². The average molecular weight is 345 g/mol. The van der Waals surface area contributed by atoms with Crippen LogP contribution in [0, 0.1) is 0 Å². The lowest BCUT2D eigenvalue weighted by Gasteiger charge is -2.22. The molecule has 1 aliphatic rings. The molecule has 1 unspecified atom stereocenters. The minimum Gasteiger partial charge on any atom is -0.370 e. The predicted molar refractivity (Wildman–Crippen MR) is 82.7 cm³/mol. The third-order valence-corrected chi connectivity index (χ3v) is 6.74. The molecule has 2 amide bonds. The van der Waals surface area contributed by atoms with Gasteiger partial charge in [-0.25, -0.2) is 8.42 Å². The summed E-state index contributed by atoms with van der Waals surface area (Å²) in [4.78, 5) is 22.8. The lowest BCUT2D eigenvalue weighted by molar-refractivity contribution is -0.124. The van der Waals surface area contributed by atoms with Crippen LogP contribution in [0.4, 0.5) is 0 Å². The van der Waals surface area contributed by atoms with Crippen LogP contribution in [0.1, 0.15) is 25.7 Å². The molecule has 1 atom stereocenters. The Morgan fingerprint density at radius 2 is 2.23 bits per heavy atom. The first kappa shape index (κ1) is 16.9. The summed E-state index contributed by atoms with van der Waals surface area (Å²) in [5.41, 5.74) is 5.03. The van der Waals surface area contributed by atoms with E-state index >= 15 is 0 Å². The number of nitrogens with one attached hydrogen (secondary N) is 1. The zero-order valence-corrected chi connectivity index (χ0v) is 13.7. The fourth-order valence-electron chi connectivity index (χ4n) is 2.41. The van der Waals surface area contributed by atoms with E-state index in [2.05, 4.69) is 5.32 Å². The van der Waals surface area contributed by atoms with E-state index in [4.69, 9.17) is 5.73 Å². The van der Waals surface area contributed by atoms with Crippen molar-refractivity contribution in [2.24, 2.45) is 5.73 Å². The molecule has 1 aromatic heterocycles. The largest absolute Gasteiger partial charge is 0.370 e. The molecule has 0 radical (unpaired) electrons. The monoisotopic (exact) mass is 345 g/mol. The number of nitrogens with zero attached hydrogens (tertiary/aromatic N) is 1. The Balaban J connectivity index is 1.98. The van der Waals surface area contributed by atoms with Crippen molar-refractivity contribution in [3.63, 3.8) is 0 Å². The maximum Gasteiger partial charge on any atom is 0.253 e. The molecule has 122 valence electrons. The van der Waals surface area contributed by atoms with Crippen molar-refractivity contribution in [1.29, 1.82) is 0 Å². The van der Waals surface area contributed by atoms with Crippen LogP contribution in [0.15, 0.2) is 21.7 Å². The molecule has 7 nitrogen and oxygen atoms in total. The number of thiophene rings is 1. The fourth-order valence-corrected chi connectivity index (χ4v) is 5.18. The zero-order valence-electron chi connectivity index (χ0n) is 12.0. The first-order valence-electron chi connectivity index (χ1n) is 7.04. The van der Waals surface area contributed by atoms with Crippen molar-refractivity contribution in [1.82, 2.24) is 9.62 Å². The average Bonchev–Trinajstić information content (AvgIpc) is 3.12. The quantitative estimate of drug-likeness (QED) is 0.692. The lowest BCUT2D eigenvalue weighted by atomic mass is 10.2. The molecule has 0 aromatic carbocycles. The Labute approximate surface area is 133 Å². The summed E-state index contributed by atoms with van der Waals surface area (Å²) in [6.45, 7) is 0.658. The van der Waals surface area contributed by atoms with E-state index in [1.807, 2.05) is 0 Å². The number of primary amides is 1. The standard InChI is InChI=1S/C13H19N3O4S2/c14-11(17)5-1-7-15-13(18)10-4-2-8-16(10)22(19,20)12-6-3-9-21-12/h3,6,9-10H,1-2,4-5,7-8H2,(H2,14,17)(H,15,18). The maximum absolute atomic E-state index is 12.5. The van der Waals surface area contributed by atoms with Crippen molar-refractivity contribution in [2.75, 3.05) is 13.1 Å². The van der Waals surface area contributed by atoms with Gasteiger partial charge in [0.05, 0.1) is 0 Å². The second-order valence-corrected chi connectivity index (χ2v) is 8.13. The predicted octanol–water partition coefficient (Wildman–Crippen LogP) is 0.283. The molecular formula is C13H19N3O4S2. The van der Waals surface area contributed by atoms with Crippen molar-refractivity contribution in [3.8, 4) is 0 Å². The molecule has 0 aliphatic carbocycles. The van der Waals surface area contributed by atoms with Gasteiger partial charge in [-0.15, -0.1) is 11.3 Å². The molecule has 2 rings (SSSR count). The van der Waals surface area contributed by atoms with Crippen LogP contribution in [0.5, 0.6) is 0 Å². The van der Waals surface area contributed by atoms with E-state index < -0.39 is 22.0 Å². The van der Waals surface area contributed by atoms with Crippen LogP contribution in [0.25, 0.3) is 0 Å². The van der Waals surface area contributed by atoms with Crippen LogP contribution in [-0.4, -0.2) is 43.7 Å². The van der Waals surface area contributed by atoms with E-state index in [-0.39, 0.29) is 16.5 Å². The minimum absolute atomic E-state index is 0.197. The van der Waals surface area contributed by atoms with Gasteiger partial charge in [-0.2, -0.15) is 4.31 Å². The fraction of sp³-hybridized carbons (Fsp3) is 0.538. The smallest absolute Gasteiger partial charge is 0.253 e. The number of rotatable bonds is 7. The minimum atomic E-state index is -3.62. The van der Waals surface area contributed by atoms with Crippen molar-refractivity contribution in [3.05, 3.63) is 17.5 Å². The van der Waals surface area contributed by atoms with Crippen LogP contribution in [0.3, 0.4) is 0 Å². The topological polar surface area (TPSA) is 110 Å². The lowest BCUT2D eigenvalue weighted by Crippen LogP contribution is -2.46. The number of sulfonamides is 1. The normalized spacial score (nSPS) is 19.2. The highest BCUT2D eigenvalue weighted by Crippen LogP contribution is 2.28. The summed E-state index contributed by atoms with van der Waals surface area (Å²) in [5, 5.41) is 4.37. The Kier molecular flexibility index (Phi) is 5.54. The van der Waals surface area contributed by atoms with E-state index in [1.54, 1.807) is 17.5 Å². The summed E-state index contributed by atoms with van der Waals surface area (Å²) in [7, 11) is -3.62. The van der Waals surface area contributed by atoms with E-state index in [1.165, 1.54) is 4.31 Å². The van der Waals surface area contributed by atoms with Crippen LogP contribution in [-0.2, 0) is 19.6 Å². The van der Waals surface area contributed by atoms with Gasteiger partial charge >= 0.3 is 0 Å². The van der Waals surface area contributed by atoms with Gasteiger partial charge in [0.2, 0.25) is 11.8 Å². The van der Waals surface area contributed by atoms with E-state index in [0.29, 0.717) is 32.4 Å². The highest BCUT2D eigenvalue weighted by atomic mass is 32.2. The molecular weight excluding hydrogens is 326 g/mol. The van der Waals surface area contributed by atoms with Gasteiger partial charge in [0, 0.05) is 19.5 Å². The molecule has 9 heteroatoms. The number of hydrogen-bond donors (Lipinski definition) is 2. The third kappa shape index (κ3) is 3.84. The molecule has 1 aliphatic heterocycles. The molecule has 0 spiro atoms. The van der Waals surface area contributed by atoms with Gasteiger partial charge in [-0.05, 0) is 30.7 Å². The van der Waals surface area contributed by atoms with Crippen molar-refractivity contribution >= 4 is 33.2 Å². The molecule has 1 fully saturated rings. The first-order chi connectivity index (χ1) is 10.4. The summed E-state index contributed by atoms with van der Waals surface area (Å²) >= 11 is 1.14. The first-order valence-corrected chi connectivity index (χ1v) is 9.36. The SMILES string of the molecule is NC(=O)CCCNC(=O)C1CCCN1S(=O)(=O)c1cccs1. The zero-order chi connectivity index (χ0) is 16.2. The highest BCUT2D eigenvalue weighted by molar-refractivity contribution is 7.91.